The molecule has 8 heteroatoms. The summed E-state index contributed by atoms with van der Waals surface area (Å²) in [5.41, 5.74) is 7.26. The zero-order valence-electron chi connectivity index (χ0n) is 16.8. The number of ether oxygens (including phenoxy) is 2. The number of nitrogens with zero attached hydrogens (tertiary/aromatic N) is 5. The second-order valence-electron chi connectivity index (χ2n) is 7.85. The smallest absolute Gasteiger partial charge is 0.410 e. The first-order valence-corrected chi connectivity index (χ1v) is 10.1. The fourth-order valence-electron chi connectivity index (χ4n) is 4.28. The molecule has 0 saturated carbocycles. The molecule has 1 aliphatic carbocycles. The molecule has 2 saturated heterocycles. The highest BCUT2D eigenvalue weighted by Crippen LogP contribution is 2.42. The third kappa shape index (κ3) is 3.27. The fraction of sp³-hybridized carbons (Fsp3) is 0.476. The van der Waals surface area contributed by atoms with Crippen LogP contribution in [0.3, 0.4) is 0 Å². The number of aromatic nitrogens is 3. The van der Waals surface area contributed by atoms with Crippen LogP contribution in [-0.2, 0) is 22.9 Å². The minimum absolute atomic E-state index is 0.0809. The zero-order valence-corrected chi connectivity index (χ0v) is 16.8. The first kappa shape index (κ1) is 18.2. The van der Waals surface area contributed by atoms with Crippen LogP contribution in [0.2, 0.25) is 0 Å². The van der Waals surface area contributed by atoms with E-state index < -0.39 is 0 Å². The van der Waals surface area contributed by atoms with Crippen LogP contribution in [0.1, 0.15) is 23.7 Å². The van der Waals surface area contributed by atoms with Gasteiger partial charge >= 0.3 is 6.09 Å². The molecule has 152 valence electrons. The number of anilines is 1. The molecule has 0 radical (unpaired) electrons. The summed E-state index contributed by atoms with van der Waals surface area (Å²) in [4.78, 5) is 21.1. The van der Waals surface area contributed by atoms with E-state index in [0.717, 1.165) is 30.8 Å². The average Bonchev–Trinajstić information content (AvgIpc) is 3.28. The van der Waals surface area contributed by atoms with Gasteiger partial charge in [0.2, 0.25) is 0 Å². The Morgan fingerprint density at radius 3 is 2.69 bits per heavy atom. The van der Waals surface area contributed by atoms with Gasteiger partial charge in [-0.2, -0.15) is 5.10 Å². The molecule has 2 fully saturated rings. The van der Waals surface area contributed by atoms with E-state index in [1.54, 1.807) is 4.90 Å². The van der Waals surface area contributed by atoms with E-state index in [2.05, 4.69) is 34.2 Å². The number of aryl methyl sites for hydroxylation is 1. The van der Waals surface area contributed by atoms with Gasteiger partial charge in [0.15, 0.2) is 6.10 Å². The molecule has 4 heterocycles. The van der Waals surface area contributed by atoms with Gasteiger partial charge in [0.1, 0.15) is 0 Å². The molecule has 0 spiro atoms. The second kappa shape index (κ2) is 7.18. The Morgan fingerprint density at radius 1 is 1.24 bits per heavy atom. The molecule has 0 atom stereocenters. The average molecular weight is 395 g/mol. The van der Waals surface area contributed by atoms with Crippen molar-refractivity contribution in [2.45, 2.75) is 19.4 Å². The number of piperazine rings is 1. The second-order valence-corrected chi connectivity index (χ2v) is 7.85. The Bertz CT molecular complexity index is 970. The standard InChI is InChI=1S/C21H25N5O3/c1-14-17(15-10-23-24(2)11-15)9-18-20(14)19(3-4-22-18)25-5-7-26(8-6-25)21(27)29-16-12-28-13-16/h3-4,10-11,16H,5-9,12-13H2,1-2H3. The number of allylic oxidation sites excluding steroid dienone is 2. The van der Waals surface area contributed by atoms with Crippen LogP contribution in [0, 0.1) is 0 Å². The van der Waals surface area contributed by atoms with Crippen LogP contribution in [0.25, 0.3) is 11.1 Å². The molecule has 8 nitrogen and oxygen atoms in total. The number of hydrogen-bond acceptors (Lipinski definition) is 6. The van der Waals surface area contributed by atoms with Crippen LogP contribution in [0.4, 0.5) is 10.5 Å². The van der Waals surface area contributed by atoms with E-state index in [1.807, 2.05) is 24.1 Å². The number of amides is 1. The maximum absolute atomic E-state index is 12.3. The maximum atomic E-state index is 12.3. The van der Waals surface area contributed by atoms with Gasteiger partial charge in [-0.1, -0.05) is 0 Å². The first-order chi connectivity index (χ1) is 14.1. The van der Waals surface area contributed by atoms with Crippen molar-refractivity contribution in [3.05, 3.63) is 41.5 Å². The predicted molar refractivity (Wildman–Crippen MR) is 109 cm³/mol. The van der Waals surface area contributed by atoms with Gasteiger partial charge in [0, 0.05) is 68.9 Å². The first-order valence-electron chi connectivity index (χ1n) is 10.1. The monoisotopic (exact) mass is 395 g/mol. The number of fused-ring (bicyclic) bond motifs is 1. The molecule has 1 amide bonds. The van der Waals surface area contributed by atoms with E-state index in [-0.39, 0.29) is 12.2 Å². The fourth-order valence-corrected chi connectivity index (χ4v) is 4.28. The van der Waals surface area contributed by atoms with E-state index in [9.17, 15) is 4.79 Å². The molecule has 0 N–H and O–H groups in total. The number of carbonyl (C=O) groups is 1. The van der Waals surface area contributed by atoms with Gasteiger partial charge in [0.25, 0.3) is 0 Å². The lowest BCUT2D eigenvalue weighted by Crippen LogP contribution is -2.51. The van der Waals surface area contributed by atoms with Crippen LogP contribution < -0.4 is 4.90 Å². The van der Waals surface area contributed by atoms with E-state index in [0.29, 0.717) is 26.3 Å². The quantitative estimate of drug-likeness (QED) is 0.791. The summed E-state index contributed by atoms with van der Waals surface area (Å²) in [6.45, 7) is 6.07. The molecule has 29 heavy (non-hydrogen) atoms. The molecule has 2 aliphatic heterocycles. The number of rotatable bonds is 3. The lowest BCUT2D eigenvalue weighted by atomic mass is 10.0. The molecule has 2 aromatic rings. The van der Waals surface area contributed by atoms with Gasteiger partial charge in [-0.05, 0) is 24.1 Å². The Morgan fingerprint density at radius 2 is 2.03 bits per heavy atom. The van der Waals surface area contributed by atoms with E-state index >= 15 is 0 Å². The molecule has 3 aliphatic rings. The summed E-state index contributed by atoms with van der Waals surface area (Å²) in [7, 11) is 1.94. The summed E-state index contributed by atoms with van der Waals surface area (Å²) in [5, 5.41) is 4.32. The molecular formula is C21H25N5O3. The lowest BCUT2D eigenvalue weighted by molar-refractivity contribution is -0.104. The minimum Gasteiger partial charge on any atom is -0.441 e. The SMILES string of the molecule is CC1=C(c2cnn(C)c2)Cc2nccc(N3CCN(C(=O)OC4COC4)CC3)c21. The van der Waals surface area contributed by atoms with Gasteiger partial charge in [-0.3, -0.25) is 9.67 Å². The predicted octanol–water partition coefficient (Wildman–Crippen LogP) is 1.96. The van der Waals surface area contributed by atoms with Crippen LogP contribution >= 0.6 is 0 Å². The highest BCUT2D eigenvalue weighted by Gasteiger charge is 2.31. The molecule has 5 rings (SSSR count). The van der Waals surface area contributed by atoms with Crippen molar-refractivity contribution in [3.63, 3.8) is 0 Å². The maximum Gasteiger partial charge on any atom is 0.410 e. The highest BCUT2D eigenvalue weighted by atomic mass is 16.6. The Balaban J connectivity index is 1.33. The van der Waals surface area contributed by atoms with Crippen LogP contribution in [0.5, 0.6) is 0 Å². The molecule has 0 aromatic carbocycles. The van der Waals surface area contributed by atoms with Crippen molar-refractivity contribution >= 4 is 22.9 Å². The Hall–Kier alpha value is -2.87. The van der Waals surface area contributed by atoms with Crippen LogP contribution in [-0.4, -0.2) is 71.3 Å². The molecule has 0 bridgehead atoms. The van der Waals surface area contributed by atoms with Crippen molar-refractivity contribution in [2.75, 3.05) is 44.3 Å². The van der Waals surface area contributed by atoms with Crippen molar-refractivity contribution < 1.29 is 14.3 Å². The van der Waals surface area contributed by atoms with Crippen LogP contribution in [0.15, 0.2) is 24.7 Å². The third-order valence-electron chi connectivity index (χ3n) is 5.99. The van der Waals surface area contributed by atoms with Crippen molar-refractivity contribution in [2.24, 2.45) is 7.05 Å². The molecular weight excluding hydrogens is 370 g/mol. The lowest BCUT2D eigenvalue weighted by Gasteiger charge is -2.37. The molecule has 2 aromatic heterocycles. The number of carbonyl (C=O) groups excluding carboxylic acids is 1. The third-order valence-corrected chi connectivity index (χ3v) is 5.99. The summed E-state index contributed by atoms with van der Waals surface area (Å²) >= 11 is 0. The van der Waals surface area contributed by atoms with Gasteiger partial charge < -0.3 is 19.3 Å². The zero-order chi connectivity index (χ0) is 20.0. The van der Waals surface area contributed by atoms with Crippen molar-refractivity contribution in [3.8, 4) is 0 Å². The van der Waals surface area contributed by atoms with Crippen molar-refractivity contribution in [1.82, 2.24) is 19.7 Å². The van der Waals surface area contributed by atoms with E-state index in [4.69, 9.17) is 9.47 Å². The number of hydrogen-bond donors (Lipinski definition) is 0. The summed E-state index contributed by atoms with van der Waals surface area (Å²) < 4.78 is 12.3. The van der Waals surface area contributed by atoms with Gasteiger partial charge in [-0.25, -0.2) is 4.79 Å². The van der Waals surface area contributed by atoms with E-state index in [1.165, 1.54) is 22.4 Å². The highest BCUT2D eigenvalue weighted by molar-refractivity contribution is 5.99. The normalized spacial score (nSPS) is 19.4. The summed E-state index contributed by atoms with van der Waals surface area (Å²) in [6, 6.07) is 2.09. The minimum atomic E-state index is -0.229. The summed E-state index contributed by atoms with van der Waals surface area (Å²) in [6.07, 6.45) is 6.39. The molecule has 0 unspecified atom stereocenters. The van der Waals surface area contributed by atoms with Gasteiger partial charge in [-0.15, -0.1) is 0 Å². The van der Waals surface area contributed by atoms with Crippen molar-refractivity contribution in [1.29, 1.82) is 0 Å². The number of pyridine rings is 1. The Kier molecular flexibility index (Phi) is 4.50. The largest absolute Gasteiger partial charge is 0.441 e. The summed E-state index contributed by atoms with van der Waals surface area (Å²) in [5.74, 6) is 0. The Labute approximate surface area is 169 Å². The topological polar surface area (TPSA) is 72.7 Å². The van der Waals surface area contributed by atoms with Gasteiger partial charge in [0.05, 0.1) is 25.1 Å².